The monoisotopic (exact) mass is 492 g/mol. The number of fused-ring (bicyclic) bond motifs is 1. The van der Waals surface area contributed by atoms with Crippen LogP contribution in [0.25, 0.3) is 0 Å². The average molecular weight is 493 g/mol. The average Bonchev–Trinajstić information content (AvgIpc) is 2.82. The highest BCUT2D eigenvalue weighted by molar-refractivity contribution is 6.30. The molecule has 3 aromatic carbocycles. The number of anilines is 1. The molecule has 0 saturated heterocycles. The van der Waals surface area contributed by atoms with Crippen LogP contribution in [0.5, 0.6) is 11.5 Å². The van der Waals surface area contributed by atoms with Crippen LogP contribution in [0.3, 0.4) is 0 Å². The van der Waals surface area contributed by atoms with E-state index < -0.39 is 6.10 Å². The number of hydrogen-bond acceptors (Lipinski definition) is 4. The maximum Gasteiger partial charge on any atom is 0.268 e. The number of amides is 1. The van der Waals surface area contributed by atoms with Crippen molar-refractivity contribution >= 4 is 29.2 Å². The van der Waals surface area contributed by atoms with E-state index in [1.54, 1.807) is 4.90 Å². The van der Waals surface area contributed by atoms with Gasteiger partial charge in [-0.1, -0.05) is 41.9 Å². The number of ether oxygens (including phenoxy) is 2. The molecule has 3 aromatic rings. The lowest BCUT2D eigenvalue weighted by atomic mass is 10.1. The van der Waals surface area contributed by atoms with Crippen molar-refractivity contribution in [2.75, 3.05) is 18.1 Å². The van der Waals surface area contributed by atoms with E-state index in [4.69, 9.17) is 32.2 Å². The number of halogens is 1. The molecule has 1 aliphatic heterocycles. The molecule has 4 rings (SSSR count). The van der Waals surface area contributed by atoms with E-state index in [1.807, 2.05) is 73.7 Å². The topological polar surface area (TPSA) is 101 Å². The van der Waals surface area contributed by atoms with E-state index in [-0.39, 0.29) is 11.9 Å². The van der Waals surface area contributed by atoms with Crippen molar-refractivity contribution in [1.82, 2.24) is 5.32 Å². The minimum Gasteiger partial charge on any atom is -0.493 e. The molecule has 1 heterocycles. The summed E-state index contributed by atoms with van der Waals surface area (Å²) < 4.78 is 12.0. The first kappa shape index (κ1) is 24.4. The van der Waals surface area contributed by atoms with Crippen molar-refractivity contribution in [3.05, 3.63) is 88.4 Å². The molecule has 4 N–H and O–H groups in total. The van der Waals surface area contributed by atoms with Gasteiger partial charge in [-0.15, -0.1) is 0 Å². The van der Waals surface area contributed by atoms with Gasteiger partial charge in [0, 0.05) is 18.0 Å². The van der Waals surface area contributed by atoms with Gasteiger partial charge in [0.15, 0.2) is 12.1 Å². The van der Waals surface area contributed by atoms with Crippen molar-refractivity contribution in [3.8, 4) is 11.5 Å². The van der Waals surface area contributed by atoms with E-state index >= 15 is 0 Å². The number of benzene rings is 3. The number of aryl methyl sites for hydroxylation is 1. The maximum absolute atomic E-state index is 13.4. The molecule has 0 aromatic heterocycles. The summed E-state index contributed by atoms with van der Waals surface area (Å²) in [6, 6.07) is 21.1. The van der Waals surface area contributed by atoms with Gasteiger partial charge < -0.3 is 25.4 Å². The molecule has 0 bridgehead atoms. The normalized spacial score (nSPS) is 14.7. The van der Waals surface area contributed by atoms with Crippen LogP contribution in [0.1, 0.15) is 23.1 Å². The van der Waals surface area contributed by atoms with Gasteiger partial charge in [0.2, 0.25) is 0 Å². The minimum atomic E-state index is -0.639. The number of guanidine groups is 1. The van der Waals surface area contributed by atoms with Crippen molar-refractivity contribution in [2.24, 2.45) is 5.73 Å². The summed E-state index contributed by atoms with van der Waals surface area (Å²) in [4.78, 5) is 15.1. The molecule has 0 saturated carbocycles. The number of carbonyl (C=O) groups excluding carboxylic acids is 1. The first-order chi connectivity index (χ1) is 16.9. The van der Waals surface area contributed by atoms with Crippen molar-refractivity contribution in [1.29, 1.82) is 5.41 Å². The van der Waals surface area contributed by atoms with Gasteiger partial charge in [0.05, 0.1) is 18.8 Å². The molecule has 0 aliphatic carbocycles. The lowest BCUT2D eigenvalue weighted by Crippen LogP contribution is -2.46. The Morgan fingerprint density at radius 1 is 1.14 bits per heavy atom. The van der Waals surface area contributed by atoms with Crippen LogP contribution in [0.15, 0.2) is 66.7 Å². The van der Waals surface area contributed by atoms with E-state index in [0.29, 0.717) is 36.9 Å². The smallest absolute Gasteiger partial charge is 0.268 e. The highest BCUT2D eigenvalue weighted by atomic mass is 35.5. The Labute approximate surface area is 210 Å². The Morgan fingerprint density at radius 2 is 1.94 bits per heavy atom. The van der Waals surface area contributed by atoms with Gasteiger partial charge in [0.1, 0.15) is 11.5 Å². The molecular weight excluding hydrogens is 464 g/mol. The number of hydrogen-bond donors (Lipinski definition) is 3. The molecule has 182 valence electrons. The van der Waals surface area contributed by atoms with Crippen LogP contribution >= 0.6 is 11.6 Å². The Kier molecular flexibility index (Phi) is 7.77. The third-order valence-corrected chi connectivity index (χ3v) is 5.98. The van der Waals surface area contributed by atoms with Gasteiger partial charge >= 0.3 is 0 Å². The fourth-order valence-corrected chi connectivity index (χ4v) is 4.19. The summed E-state index contributed by atoms with van der Waals surface area (Å²) in [5.74, 6) is 1.29. The molecule has 1 atom stereocenters. The molecule has 8 heteroatoms. The second-order valence-corrected chi connectivity index (χ2v) is 8.94. The number of nitrogens with one attached hydrogen (secondary N) is 2. The second kappa shape index (κ2) is 11.1. The first-order valence-electron chi connectivity index (χ1n) is 11.5. The molecule has 7 nitrogen and oxygen atoms in total. The summed E-state index contributed by atoms with van der Waals surface area (Å²) in [7, 11) is 0. The van der Waals surface area contributed by atoms with Gasteiger partial charge in [-0.05, 0) is 66.4 Å². The molecule has 1 aliphatic rings. The largest absolute Gasteiger partial charge is 0.493 e. The fourth-order valence-electron chi connectivity index (χ4n) is 3.98. The molecular formula is C27H29ClN4O3. The van der Waals surface area contributed by atoms with E-state index in [9.17, 15) is 4.79 Å². The predicted octanol–water partition coefficient (Wildman–Crippen LogP) is 4.44. The van der Waals surface area contributed by atoms with Gasteiger partial charge in [-0.25, -0.2) is 0 Å². The zero-order chi connectivity index (χ0) is 24.8. The third-order valence-electron chi connectivity index (χ3n) is 5.75. The van der Waals surface area contributed by atoms with Crippen LogP contribution in [0.2, 0.25) is 5.02 Å². The number of carbonyl (C=O) groups is 1. The van der Waals surface area contributed by atoms with Crippen molar-refractivity contribution < 1.29 is 14.3 Å². The zero-order valence-electron chi connectivity index (χ0n) is 19.6. The van der Waals surface area contributed by atoms with Gasteiger partial charge in [-0.2, -0.15) is 0 Å². The van der Waals surface area contributed by atoms with Crippen molar-refractivity contribution in [2.45, 2.75) is 32.4 Å². The Bertz CT molecular complexity index is 1200. The molecule has 0 radical (unpaired) electrons. The minimum absolute atomic E-state index is 0.0339. The van der Waals surface area contributed by atoms with Crippen LogP contribution in [-0.2, 0) is 17.8 Å². The highest BCUT2D eigenvalue weighted by Crippen LogP contribution is 2.36. The van der Waals surface area contributed by atoms with E-state index in [1.165, 1.54) is 0 Å². The second-order valence-electron chi connectivity index (χ2n) is 8.50. The maximum atomic E-state index is 13.4. The van der Waals surface area contributed by atoms with Crippen LogP contribution in [0.4, 0.5) is 5.69 Å². The number of nitrogens with zero attached hydrogens (tertiary/aromatic N) is 1. The van der Waals surface area contributed by atoms with E-state index in [0.717, 1.165) is 34.5 Å². The summed E-state index contributed by atoms with van der Waals surface area (Å²) >= 11 is 6.16. The standard InChI is InChI=1S/C27H29ClN4O3/c1-18-5-10-23-25(15-18)35-24(26(33)32(23)17-20-3-2-4-21(28)16-20)12-14-34-22-8-6-19(7-9-22)11-13-31-27(29)30/h2-10,15-16,24H,11-14,17H2,1H3,(H4,29,30,31). The Morgan fingerprint density at radius 3 is 2.69 bits per heavy atom. The summed E-state index contributed by atoms with van der Waals surface area (Å²) in [5, 5.41) is 10.6. The van der Waals surface area contributed by atoms with Crippen LogP contribution in [0, 0.1) is 12.3 Å². The zero-order valence-corrected chi connectivity index (χ0v) is 20.3. The molecule has 0 fully saturated rings. The van der Waals surface area contributed by atoms with Gasteiger partial charge in [0.25, 0.3) is 5.91 Å². The molecule has 1 amide bonds. The quantitative estimate of drug-likeness (QED) is 0.303. The fraction of sp³-hybridized carbons (Fsp3) is 0.259. The Hall–Kier alpha value is -3.71. The highest BCUT2D eigenvalue weighted by Gasteiger charge is 2.34. The Balaban J connectivity index is 1.39. The molecule has 1 unspecified atom stereocenters. The lowest BCUT2D eigenvalue weighted by molar-refractivity contribution is -0.127. The third kappa shape index (κ3) is 6.45. The van der Waals surface area contributed by atoms with Gasteiger partial charge in [-0.3, -0.25) is 10.2 Å². The number of rotatable bonds is 9. The predicted molar refractivity (Wildman–Crippen MR) is 138 cm³/mol. The number of nitrogens with two attached hydrogens (primary N) is 1. The summed E-state index contributed by atoms with van der Waals surface area (Å²) in [6.45, 7) is 3.35. The molecule has 35 heavy (non-hydrogen) atoms. The summed E-state index contributed by atoms with van der Waals surface area (Å²) in [5.41, 5.74) is 9.19. The van der Waals surface area contributed by atoms with Crippen molar-refractivity contribution in [3.63, 3.8) is 0 Å². The van der Waals surface area contributed by atoms with E-state index in [2.05, 4.69) is 5.32 Å². The SMILES string of the molecule is Cc1ccc2c(c1)OC(CCOc1ccc(CCNC(=N)N)cc1)C(=O)N2Cc1cccc(Cl)c1. The lowest BCUT2D eigenvalue weighted by Gasteiger charge is -2.34. The van der Waals surface area contributed by atoms with Crippen LogP contribution in [-0.4, -0.2) is 31.1 Å². The first-order valence-corrected chi connectivity index (χ1v) is 11.9. The molecule has 0 spiro atoms. The van der Waals surface area contributed by atoms with Crippen LogP contribution < -0.4 is 25.4 Å². The summed E-state index contributed by atoms with van der Waals surface area (Å²) in [6.07, 6.45) is 0.536.